The fourth-order valence-electron chi connectivity index (χ4n) is 3.75. The van der Waals surface area contributed by atoms with Gasteiger partial charge < -0.3 is 19.1 Å². The first kappa shape index (κ1) is 19.2. The molecule has 2 aromatic heterocycles. The summed E-state index contributed by atoms with van der Waals surface area (Å²) >= 11 is 0. The molecule has 5 rings (SSSR count). The van der Waals surface area contributed by atoms with Crippen LogP contribution in [-0.4, -0.2) is 40.6 Å². The summed E-state index contributed by atoms with van der Waals surface area (Å²) in [5.41, 5.74) is -1.75. The molecule has 0 atom stereocenters. The van der Waals surface area contributed by atoms with E-state index in [0.717, 1.165) is 4.52 Å². The molecule has 168 valence electrons. The Hall–Kier alpha value is -3.50. The van der Waals surface area contributed by atoms with E-state index in [4.69, 9.17) is 15.6 Å². The number of hydrogen-bond acceptors (Lipinski definition) is 7. The van der Waals surface area contributed by atoms with Crippen molar-refractivity contribution < 1.29 is 28.8 Å². The summed E-state index contributed by atoms with van der Waals surface area (Å²) in [7, 11) is 0. The topological polar surface area (TPSA) is 78.2 Å². The summed E-state index contributed by atoms with van der Waals surface area (Å²) in [6, 6.07) is 6.98. The number of hydrogen-bond donors (Lipinski definition) is 0. The molecule has 4 heterocycles. The highest BCUT2D eigenvalue weighted by Crippen LogP contribution is 2.36. The maximum Gasteiger partial charge on any atom is 0.433 e. The second-order valence-electron chi connectivity index (χ2n) is 7.54. The average Bonchev–Trinajstić information content (AvgIpc) is 3.21. The molecule has 0 N–H and O–H groups in total. The van der Waals surface area contributed by atoms with Gasteiger partial charge in [-0.1, -0.05) is 0 Å². The molecule has 1 saturated heterocycles. The van der Waals surface area contributed by atoms with Gasteiger partial charge in [-0.2, -0.15) is 17.7 Å². The molecule has 2 aliphatic rings. The van der Waals surface area contributed by atoms with Gasteiger partial charge in [0.05, 0.1) is 1.37 Å². The number of alkyl halides is 3. The van der Waals surface area contributed by atoms with Crippen LogP contribution in [0.3, 0.4) is 0 Å². The second-order valence-corrected chi connectivity index (χ2v) is 7.54. The Balaban J connectivity index is 1.35. The SMILES string of the molecule is [2H]C1(Oc2ccc3c(c2)OCO3)CCN(c2nn3c(=O)cc(C(F)(F)F)nc3cc2C)CC1. The molecule has 0 unspecified atom stereocenters. The summed E-state index contributed by atoms with van der Waals surface area (Å²) in [6.45, 7) is 2.67. The van der Waals surface area contributed by atoms with Crippen molar-refractivity contribution in [2.24, 2.45) is 0 Å². The van der Waals surface area contributed by atoms with E-state index in [9.17, 15) is 18.0 Å². The number of rotatable bonds is 3. The third-order valence-corrected chi connectivity index (χ3v) is 5.33. The Morgan fingerprint density at radius 1 is 1.16 bits per heavy atom. The lowest BCUT2D eigenvalue weighted by atomic mass is 10.1. The van der Waals surface area contributed by atoms with E-state index >= 15 is 0 Å². The number of nitrogens with zero attached hydrogens (tertiary/aromatic N) is 4. The average molecular weight is 449 g/mol. The van der Waals surface area contributed by atoms with Crippen molar-refractivity contribution in [1.29, 1.82) is 0 Å². The Kier molecular flexibility index (Phi) is 4.54. The fraction of sp³-hybridized carbons (Fsp3) is 0.381. The minimum absolute atomic E-state index is 0.147. The zero-order chi connectivity index (χ0) is 23.4. The molecule has 3 aromatic rings. The zero-order valence-electron chi connectivity index (χ0n) is 18.0. The van der Waals surface area contributed by atoms with Crippen molar-refractivity contribution in [2.75, 3.05) is 24.8 Å². The van der Waals surface area contributed by atoms with Gasteiger partial charge in [-0.05, 0) is 30.7 Å². The van der Waals surface area contributed by atoms with E-state index in [-0.39, 0.29) is 12.4 Å². The molecule has 0 bridgehead atoms. The Bertz CT molecular complexity index is 1290. The van der Waals surface area contributed by atoms with Gasteiger partial charge in [0.25, 0.3) is 5.56 Å². The molecular formula is C21H19F3N4O4. The van der Waals surface area contributed by atoms with Crippen molar-refractivity contribution in [2.45, 2.75) is 32.0 Å². The second kappa shape index (κ2) is 7.57. The lowest BCUT2D eigenvalue weighted by Crippen LogP contribution is -2.39. The third kappa shape index (κ3) is 3.78. The van der Waals surface area contributed by atoms with Crippen molar-refractivity contribution >= 4 is 11.5 Å². The third-order valence-electron chi connectivity index (χ3n) is 5.33. The lowest BCUT2D eigenvalue weighted by molar-refractivity contribution is -0.141. The number of fused-ring (bicyclic) bond motifs is 2. The Morgan fingerprint density at radius 2 is 1.91 bits per heavy atom. The first-order valence-corrected chi connectivity index (χ1v) is 9.94. The number of aromatic nitrogens is 3. The zero-order valence-corrected chi connectivity index (χ0v) is 17.0. The highest BCUT2D eigenvalue weighted by molar-refractivity contribution is 5.53. The monoisotopic (exact) mass is 449 g/mol. The number of halogens is 3. The maximum atomic E-state index is 13.0. The summed E-state index contributed by atoms with van der Waals surface area (Å²) in [4.78, 5) is 17.7. The van der Waals surface area contributed by atoms with Gasteiger partial charge >= 0.3 is 6.18 Å². The normalized spacial score (nSPS) is 18.0. The quantitative estimate of drug-likeness (QED) is 0.608. The number of benzene rings is 1. The molecule has 0 saturated carbocycles. The molecule has 8 nitrogen and oxygen atoms in total. The van der Waals surface area contributed by atoms with Crippen LogP contribution in [0.25, 0.3) is 5.65 Å². The fourth-order valence-corrected chi connectivity index (χ4v) is 3.75. The number of ether oxygens (including phenoxy) is 3. The van der Waals surface area contributed by atoms with Crippen LogP contribution in [0.4, 0.5) is 19.0 Å². The molecule has 0 spiro atoms. The van der Waals surface area contributed by atoms with Crippen LogP contribution < -0.4 is 24.7 Å². The van der Waals surface area contributed by atoms with Crippen molar-refractivity contribution in [3.05, 3.63) is 51.9 Å². The highest BCUT2D eigenvalue weighted by atomic mass is 19.4. The van der Waals surface area contributed by atoms with Gasteiger partial charge in [0, 0.05) is 38.1 Å². The molecule has 0 aliphatic carbocycles. The van der Waals surface area contributed by atoms with E-state index in [2.05, 4.69) is 10.1 Å². The highest BCUT2D eigenvalue weighted by Gasteiger charge is 2.34. The Morgan fingerprint density at radius 3 is 2.66 bits per heavy atom. The lowest BCUT2D eigenvalue weighted by Gasteiger charge is -2.33. The van der Waals surface area contributed by atoms with Gasteiger partial charge in [-0.3, -0.25) is 4.79 Å². The summed E-state index contributed by atoms with van der Waals surface area (Å²) in [5, 5.41) is 4.26. The number of aryl methyl sites for hydroxylation is 1. The molecule has 2 aliphatic heterocycles. The van der Waals surface area contributed by atoms with Crippen LogP contribution >= 0.6 is 0 Å². The molecule has 0 amide bonds. The Labute approximate surface area is 181 Å². The number of anilines is 1. The van der Waals surface area contributed by atoms with Crippen LogP contribution in [0.2, 0.25) is 0 Å². The largest absolute Gasteiger partial charge is 0.490 e. The predicted molar refractivity (Wildman–Crippen MR) is 107 cm³/mol. The van der Waals surface area contributed by atoms with Crippen LogP contribution in [0, 0.1) is 6.92 Å². The van der Waals surface area contributed by atoms with E-state index in [1.54, 1.807) is 25.1 Å². The van der Waals surface area contributed by atoms with Gasteiger partial charge in [0.1, 0.15) is 11.8 Å². The summed E-state index contributed by atoms with van der Waals surface area (Å²) in [5.74, 6) is 2.15. The van der Waals surface area contributed by atoms with E-state index in [0.29, 0.717) is 60.6 Å². The molecule has 1 fully saturated rings. The molecule has 1 aromatic carbocycles. The molecule has 0 radical (unpaired) electrons. The van der Waals surface area contributed by atoms with E-state index in [1.807, 2.05) is 4.90 Å². The van der Waals surface area contributed by atoms with Gasteiger partial charge in [-0.15, -0.1) is 5.10 Å². The van der Waals surface area contributed by atoms with Crippen molar-refractivity contribution in [3.8, 4) is 17.2 Å². The first-order valence-electron chi connectivity index (χ1n) is 10.4. The minimum atomic E-state index is -4.72. The van der Waals surface area contributed by atoms with Crippen LogP contribution in [-0.2, 0) is 6.18 Å². The maximum absolute atomic E-state index is 13.0. The molecule has 32 heavy (non-hydrogen) atoms. The standard InChI is InChI=1S/C21H19F3N4O4/c1-12-8-18-25-17(21(22,23)24)10-19(29)28(18)26-20(12)27-6-4-13(5-7-27)32-14-2-3-15-16(9-14)31-11-30-15/h2-3,8-10,13H,4-7,11H2,1H3/i13D. The van der Waals surface area contributed by atoms with Crippen molar-refractivity contribution in [1.82, 2.24) is 14.6 Å². The van der Waals surface area contributed by atoms with Crippen molar-refractivity contribution in [3.63, 3.8) is 0 Å². The molecule has 11 heteroatoms. The number of piperidine rings is 1. The van der Waals surface area contributed by atoms with Crippen LogP contribution in [0.5, 0.6) is 17.2 Å². The summed E-state index contributed by atoms with van der Waals surface area (Å²) < 4.78 is 65.1. The van der Waals surface area contributed by atoms with Crippen LogP contribution in [0.1, 0.15) is 25.5 Å². The van der Waals surface area contributed by atoms with Crippen LogP contribution in [0.15, 0.2) is 35.1 Å². The van der Waals surface area contributed by atoms with E-state index < -0.39 is 23.5 Å². The molecular weight excluding hydrogens is 429 g/mol. The first-order chi connectivity index (χ1) is 15.6. The minimum Gasteiger partial charge on any atom is -0.490 e. The van der Waals surface area contributed by atoms with Gasteiger partial charge in [0.2, 0.25) is 6.79 Å². The van der Waals surface area contributed by atoms with E-state index in [1.165, 1.54) is 6.07 Å². The predicted octanol–water partition coefficient (Wildman–Crippen LogP) is 3.19. The smallest absolute Gasteiger partial charge is 0.433 e. The van der Waals surface area contributed by atoms with Gasteiger partial charge in [-0.25, -0.2) is 4.98 Å². The van der Waals surface area contributed by atoms with Gasteiger partial charge in [0.15, 0.2) is 28.7 Å². The summed E-state index contributed by atoms with van der Waals surface area (Å²) in [6.07, 6.45) is -5.20.